The van der Waals surface area contributed by atoms with Gasteiger partial charge in [-0.15, -0.1) is 0 Å². The maximum Gasteiger partial charge on any atom is 0.127 e. The summed E-state index contributed by atoms with van der Waals surface area (Å²) in [6.07, 6.45) is 0. The molecule has 0 aliphatic rings. The van der Waals surface area contributed by atoms with E-state index in [1.54, 1.807) is 0 Å². The van der Waals surface area contributed by atoms with E-state index >= 15 is 0 Å². The van der Waals surface area contributed by atoms with Gasteiger partial charge in [-0.2, -0.15) is 0 Å². The number of benzene rings is 6. The van der Waals surface area contributed by atoms with E-state index in [-0.39, 0.29) is 66.3 Å². The average molecular weight is 1020 g/mol. The molecule has 0 spiro atoms. The van der Waals surface area contributed by atoms with Crippen molar-refractivity contribution in [3.05, 3.63) is 175 Å². The molecule has 75 heavy (non-hydrogen) atoms. The summed E-state index contributed by atoms with van der Waals surface area (Å²) in [5, 5.41) is 50.0. The topological polar surface area (TPSA) is 90.2 Å². The molecule has 0 aliphatic heterocycles. The SMILES string of the molecule is CC(C)(C)c1cc(C(c2ccc(Oc3ccc(C(c4cc(C(C)(C)C)cc(C(C)(C)C)c4O)c4cc(C(C)(C)C)cc(C(C)(C)C)c4O)cc3)cc2)c2cc(C(C)(C)C)cc(C(C)(C)C)c2O)c(O)c(C(C)(C)C)c1. The molecule has 6 aromatic rings. The predicted octanol–water partition coefficient (Wildman–Crippen LogP) is 19.0. The molecule has 6 aromatic carbocycles. The second-order valence-corrected chi connectivity index (χ2v) is 30.0. The van der Waals surface area contributed by atoms with Crippen LogP contribution in [0.25, 0.3) is 0 Å². The zero-order valence-corrected chi connectivity index (χ0v) is 50.6. The van der Waals surface area contributed by atoms with Gasteiger partial charge in [0.25, 0.3) is 0 Å². The second kappa shape index (κ2) is 19.7. The lowest BCUT2D eigenvalue weighted by molar-refractivity contribution is 0.428. The van der Waals surface area contributed by atoms with E-state index in [1.807, 2.05) is 24.3 Å². The minimum atomic E-state index is -0.527. The highest BCUT2D eigenvalue weighted by atomic mass is 16.5. The zero-order chi connectivity index (χ0) is 56.7. The van der Waals surface area contributed by atoms with Gasteiger partial charge < -0.3 is 25.2 Å². The first kappa shape index (κ1) is 58.6. The Bertz CT molecular complexity index is 2660. The van der Waals surface area contributed by atoms with Crippen molar-refractivity contribution in [2.75, 3.05) is 0 Å². The molecule has 0 aliphatic carbocycles. The van der Waals surface area contributed by atoms with Crippen LogP contribution in [0, 0.1) is 0 Å². The lowest BCUT2D eigenvalue weighted by Crippen LogP contribution is -2.20. The Labute approximate surface area is 453 Å². The van der Waals surface area contributed by atoms with E-state index in [4.69, 9.17) is 4.74 Å². The van der Waals surface area contributed by atoms with Gasteiger partial charge in [-0.25, -0.2) is 0 Å². The molecular weight excluding hydrogens is 921 g/mol. The molecule has 5 nitrogen and oxygen atoms in total. The number of hydrogen-bond acceptors (Lipinski definition) is 5. The molecule has 0 radical (unpaired) electrons. The first-order valence-electron chi connectivity index (χ1n) is 27.3. The summed E-state index contributed by atoms with van der Waals surface area (Å²) in [4.78, 5) is 0. The number of phenolic OH excluding ortho intramolecular Hbond substituents is 4. The summed E-state index contributed by atoms with van der Waals surface area (Å²) in [6, 6.07) is 33.3. The fourth-order valence-electron chi connectivity index (χ4n) is 10.2. The summed E-state index contributed by atoms with van der Waals surface area (Å²) in [5.74, 6) is 1.14. The van der Waals surface area contributed by atoms with Gasteiger partial charge in [-0.3, -0.25) is 0 Å². The summed E-state index contributed by atoms with van der Waals surface area (Å²) in [6.45, 7) is 52.0. The number of aromatic hydroxyl groups is 4. The second-order valence-electron chi connectivity index (χ2n) is 30.0. The van der Waals surface area contributed by atoms with Gasteiger partial charge in [-0.1, -0.05) is 239 Å². The minimum Gasteiger partial charge on any atom is -0.507 e. The van der Waals surface area contributed by atoms with E-state index in [1.165, 1.54) is 0 Å². The van der Waals surface area contributed by atoms with E-state index < -0.39 is 11.8 Å². The van der Waals surface area contributed by atoms with Gasteiger partial charge >= 0.3 is 0 Å². The van der Waals surface area contributed by atoms with Crippen molar-refractivity contribution in [3.63, 3.8) is 0 Å². The smallest absolute Gasteiger partial charge is 0.127 e. The normalized spacial score (nSPS) is 13.5. The molecule has 0 fully saturated rings. The number of phenols is 4. The Morgan fingerprint density at radius 2 is 0.453 bits per heavy atom. The fraction of sp³-hybridized carbons (Fsp3) is 0.486. The van der Waals surface area contributed by atoms with Crippen molar-refractivity contribution >= 4 is 0 Å². The molecule has 5 heteroatoms. The third-order valence-corrected chi connectivity index (χ3v) is 15.2. The van der Waals surface area contributed by atoms with Crippen LogP contribution in [0.15, 0.2) is 97.1 Å². The molecule has 0 unspecified atom stereocenters. The molecule has 0 bridgehead atoms. The number of rotatable bonds is 8. The zero-order valence-electron chi connectivity index (χ0n) is 50.6. The highest BCUT2D eigenvalue weighted by Gasteiger charge is 2.36. The molecule has 0 amide bonds. The molecular formula is C70H94O5. The Balaban J connectivity index is 1.55. The van der Waals surface area contributed by atoms with Gasteiger partial charge in [0.1, 0.15) is 34.5 Å². The molecule has 0 saturated heterocycles. The quantitative estimate of drug-likeness (QED) is 0.114. The third-order valence-electron chi connectivity index (χ3n) is 15.2. The van der Waals surface area contributed by atoms with E-state index in [9.17, 15) is 20.4 Å². The van der Waals surface area contributed by atoms with Gasteiger partial charge in [-0.05, 0) is 123 Å². The van der Waals surface area contributed by atoms with Crippen molar-refractivity contribution in [1.29, 1.82) is 0 Å². The molecule has 4 N–H and O–H groups in total. The minimum absolute atomic E-state index is 0.218. The van der Waals surface area contributed by atoms with Gasteiger partial charge in [0, 0.05) is 34.1 Å². The predicted molar refractivity (Wildman–Crippen MR) is 317 cm³/mol. The van der Waals surface area contributed by atoms with Crippen LogP contribution in [0.5, 0.6) is 34.5 Å². The van der Waals surface area contributed by atoms with Crippen molar-refractivity contribution in [1.82, 2.24) is 0 Å². The summed E-state index contributed by atoms with van der Waals surface area (Å²) >= 11 is 0. The summed E-state index contributed by atoms with van der Waals surface area (Å²) < 4.78 is 6.68. The van der Waals surface area contributed by atoms with Crippen LogP contribution in [0.3, 0.4) is 0 Å². The standard InChI is InChI=1S/C70H94O5/c1-63(2,3)43-33-49(59(71)53(37-43)67(13,14)15)57(50-34-44(64(4,5)6)38-54(60(50)72)68(16,17)18)41-25-29-47(30-26-41)75-48-31-27-42(28-32-48)58(51-35-45(65(7,8)9)39-55(61(51)73)69(19,20)21)52-36-46(66(10,11)12)40-56(62(52)74)70(22,23)24/h25-40,57-58,71-74H,1-24H3. The molecule has 6 rings (SSSR count). The van der Waals surface area contributed by atoms with Crippen LogP contribution in [0.2, 0.25) is 0 Å². The van der Waals surface area contributed by atoms with Gasteiger partial charge in [0.2, 0.25) is 0 Å². The van der Waals surface area contributed by atoms with Gasteiger partial charge in [0.15, 0.2) is 0 Å². The van der Waals surface area contributed by atoms with Crippen LogP contribution in [0.1, 0.15) is 256 Å². The van der Waals surface area contributed by atoms with E-state index in [0.717, 1.165) is 77.9 Å². The Hall–Kier alpha value is -5.68. The molecule has 0 atom stereocenters. The monoisotopic (exact) mass is 1010 g/mol. The molecule has 0 saturated carbocycles. The van der Waals surface area contributed by atoms with Crippen LogP contribution in [-0.2, 0) is 43.3 Å². The third kappa shape index (κ3) is 12.6. The van der Waals surface area contributed by atoms with Crippen LogP contribution >= 0.6 is 0 Å². The molecule has 404 valence electrons. The lowest BCUT2D eigenvalue weighted by Gasteiger charge is -2.33. The van der Waals surface area contributed by atoms with E-state index in [2.05, 4.69) is 239 Å². The van der Waals surface area contributed by atoms with Crippen molar-refractivity contribution in [3.8, 4) is 34.5 Å². The maximum absolute atomic E-state index is 12.5. The summed E-state index contributed by atoms with van der Waals surface area (Å²) in [7, 11) is 0. The van der Waals surface area contributed by atoms with Gasteiger partial charge in [0.05, 0.1) is 0 Å². The summed E-state index contributed by atoms with van der Waals surface area (Å²) in [5.41, 5.74) is 10.4. The first-order valence-corrected chi connectivity index (χ1v) is 27.3. The van der Waals surface area contributed by atoms with Crippen molar-refractivity contribution < 1.29 is 25.2 Å². The average Bonchev–Trinajstić information content (AvgIpc) is 3.23. The fourth-order valence-corrected chi connectivity index (χ4v) is 10.2. The van der Waals surface area contributed by atoms with Crippen LogP contribution < -0.4 is 4.74 Å². The number of ether oxygens (including phenoxy) is 1. The van der Waals surface area contributed by atoms with Crippen LogP contribution in [-0.4, -0.2) is 20.4 Å². The van der Waals surface area contributed by atoms with Crippen molar-refractivity contribution in [2.24, 2.45) is 0 Å². The first-order chi connectivity index (χ1) is 33.9. The largest absolute Gasteiger partial charge is 0.507 e. The highest BCUT2D eigenvalue weighted by Crippen LogP contribution is 2.52. The maximum atomic E-state index is 12.5. The van der Waals surface area contributed by atoms with Crippen LogP contribution in [0.4, 0.5) is 0 Å². The number of hydrogen-bond donors (Lipinski definition) is 4. The molecule has 0 heterocycles. The Morgan fingerprint density at radius 3 is 0.613 bits per heavy atom. The lowest BCUT2D eigenvalue weighted by atomic mass is 9.72. The van der Waals surface area contributed by atoms with E-state index in [0.29, 0.717) is 11.5 Å². The Morgan fingerprint density at radius 1 is 0.267 bits per heavy atom. The molecule has 0 aromatic heterocycles. The Kier molecular flexibility index (Phi) is 15.4. The van der Waals surface area contributed by atoms with Crippen molar-refractivity contribution in [2.45, 2.75) is 221 Å². The highest BCUT2D eigenvalue weighted by molar-refractivity contribution is 5.63.